The normalized spacial score (nSPS) is 11.8. The van der Waals surface area contributed by atoms with Gasteiger partial charge in [0.2, 0.25) is 0 Å². The van der Waals surface area contributed by atoms with Crippen LogP contribution >= 0.6 is 23.2 Å². The van der Waals surface area contributed by atoms with Crippen LogP contribution in [0.15, 0.2) is 53.4 Å². The maximum absolute atomic E-state index is 12.4. The molecule has 0 atom stereocenters. The number of sulfonamides is 1. The molecule has 3 N–H and O–H groups in total. The number of aliphatic hydroxyl groups is 1. The molecule has 0 fully saturated rings. The number of carboxylic acid groups (broad SMARTS) is 1. The monoisotopic (exact) mass is 415 g/mol. The van der Waals surface area contributed by atoms with Crippen LogP contribution in [0.4, 0.5) is 5.69 Å². The van der Waals surface area contributed by atoms with Crippen molar-refractivity contribution in [1.82, 2.24) is 0 Å². The fourth-order valence-electron chi connectivity index (χ4n) is 1.91. The van der Waals surface area contributed by atoms with E-state index in [1.165, 1.54) is 42.5 Å². The fraction of sp³-hybridized carbons (Fsp3) is 0. The molecule has 0 saturated carbocycles. The molecule has 2 aromatic rings. The minimum atomic E-state index is -4.04. The molecular formula is C16H11Cl2NO6S. The summed E-state index contributed by atoms with van der Waals surface area (Å²) < 4.78 is 27.1. The number of aliphatic hydroxyl groups excluding tert-OH is 1. The Morgan fingerprint density at radius 3 is 2.35 bits per heavy atom. The molecular weight excluding hydrogens is 405 g/mol. The van der Waals surface area contributed by atoms with Crippen LogP contribution in [0.3, 0.4) is 0 Å². The summed E-state index contributed by atoms with van der Waals surface area (Å²) in [6.07, 6.45) is 0.520. The summed E-state index contributed by atoms with van der Waals surface area (Å²) in [7, 11) is -4.04. The average Bonchev–Trinajstić information content (AvgIpc) is 2.54. The molecule has 0 saturated heterocycles. The maximum Gasteiger partial charge on any atom is 0.376 e. The van der Waals surface area contributed by atoms with Crippen LogP contribution in [0.2, 0.25) is 10.0 Å². The summed E-state index contributed by atoms with van der Waals surface area (Å²) in [5.41, 5.74) is 0.109. The second-order valence-corrected chi connectivity index (χ2v) is 7.45. The second kappa shape index (κ2) is 7.77. The van der Waals surface area contributed by atoms with Gasteiger partial charge in [-0.15, -0.1) is 0 Å². The van der Waals surface area contributed by atoms with Gasteiger partial charge in [-0.05, 0) is 30.3 Å². The standard InChI is InChI=1S/C16H11Cl2NO6S/c17-10-4-5-15(12(18)7-10)26(24,25)19-11-3-1-2-9(6-11)13(20)8-14(21)16(22)23/h1-8,19-20H,(H,22,23). The first-order valence-corrected chi connectivity index (χ1v) is 9.10. The summed E-state index contributed by atoms with van der Waals surface area (Å²) >= 11 is 11.6. The van der Waals surface area contributed by atoms with Crippen molar-refractivity contribution in [3.63, 3.8) is 0 Å². The highest BCUT2D eigenvalue weighted by molar-refractivity contribution is 7.92. The van der Waals surface area contributed by atoms with Gasteiger partial charge in [-0.25, -0.2) is 13.2 Å². The zero-order valence-electron chi connectivity index (χ0n) is 12.8. The van der Waals surface area contributed by atoms with E-state index in [1.54, 1.807) is 0 Å². The Morgan fingerprint density at radius 1 is 1.04 bits per heavy atom. The van der Waals surface area contributed by atoms with Gasteiger partial charge in [0.1, 0.15) is 10.7 Å². The molecule has 2 rings (SSSR count). The van der Waals surface area contributed by atoms with Crippen LogP contribution in [0, 0.1) is 0 Å². The second-order valence-electron chi connectivity index (χ2n) is 4.96. The molecule has 136 valence electrons. The number of carbonyl (C=O) groups excluding carboxylic acids is 1. The molecule has 0 radical (unpaired) electrons. The molecule has 2 aromatic carbocycles. The fourth-order valence-corrected chi connectivity index (χ4v) is 3.74. The highest BCUT2D eigenvalue weighted by Crippen LogP contribution is 2.27. The molecule has 0 aliphatic heterocycles. The Bertz CT molecular complexity index is 1020. The van der Waals surface area contributed by atoms with Crippen molar-refractivity contribution in [1.29, 1.82) is 0 Å². The van der Waals surface area contributed by atoms with Crippen molar-refractivity contribution in [2.24, 2.45) is 0 Å². The zero-order valence-corrected chi connectivity index (χ0v) is 15.1. The number of ketones is 1. The minimum absolute atomic E-state index is 0.0435. The van der Waals surface area contributed by atoms with Crippen LogP contribution in [0.1, 0.15) is 5.56 Å². The highest BCUT2D eigenvalue weighted by atomic mass is 35.5. The van der Waals surface area contributed by atoms with Crippen LogP contribution in [-0.4, -0.2) is 30.4 Å². The van der Waals surface area contributed by atoms with E-state index in [-0.39, 0.29) is 26.2 Å². The van der Waals surface area contributed by atoms with E-state index >= 15 is 0 Å². The molecule has 0 unspecified atom stereocenters. The number of carbonyl (C=O) groups is 2. The Hall–Kier alpha value is -2.55. The van der Waals surface area contributed by atoms with Crippen molar-refractivity contribution >= 4 is 56.4 Å². The largest absolute Gasteiger partial charge is 0.507 e. The van der Waals surface area contributed by atoms with Gasteiger partial charge >= 0.3 is 5.97 Å². The number of halogens is 2. The van der Waals surface area contributed by atoms with E-state index in [4.69, 9.17) is 28.3 Å². The number of hydrogen-bond acceptors (Lipinski definition) is 5. The minimum Gasteiger partial charge on any atom is -0.507 e. The summed E-state index contributed by atoms with van der Waals surface area (Å²) in [6.45, 7) is 0. The van der Waals surface area contributed by atoms with Crippen molar-refractivity contribution < 1.29 is 28.2 Å². The van der Waals surface area contributed by atoms with Crippen molar-refractivity contribution in [3.05, 3.63) is 64.1 Å². The first-order chi connectivity index (χ1) is 12.1. The van der Waals surface area contributed by atoms with E-state index in [1.807, 2.05) is 0 Å². The van der Waals surface area contributed by atoms with Gasteiger partial charge in [0.05, 0.1) is 5.02 Å². The lowest BCUT2D eigenvalue weighted by Crippen LogP contribution is -2.13. The third kappa shape index (κ3) is 4.75. The van der Waals surface area contributed by atoms with E-state index < -0.39 is 27.5 Å². The van der Waals surface area contributed by atoms with E-state index in [0.29, 0.717) is 6.08 Å². The molecule has 10 heteroatoms. The molecule has 0 amide bonds. The van der Waals surface area contributed by atoms with E-state index in [2.05, 4.69) is 4.72 Å². The lowest BCUT2D eigenvalue weighted by atomic mass is 10.1. The van der Waals surface area contributed by atoms with Gasteiger partial charge in [0.25, 0.3) is 15.8 Å². The topological polar surface area (TPSA) is 121 Å². The average molecular weight is 416 g/mol. The number of anilines is 1. The van der Waals surface area contributed by atoms with Gasteiger partial charge in [-0.3, -0.25) is 9.52 Å². The Labute approximate surface area is 158 Å². The van der Waals surface area contributed by atoms with Gasteiger partial charge in [-0.1, -0.05) is 35.3 Å². The molecule has 0 aliphatic rings. The van der Waals surface area contributed by atoms with Crippen LogP contribution in [0.5, 0.6) is 0 Å². The maximum atomic E-state index is 12.4. The summed E-state index contributed by atoms with van der Waals surface area (Å²) in [4.78, 5) is 21.4. The van der Waals surface area contributed by atoms with Crippen molar-refractivity contribution in [3.8, 4) is 0 Å². The molecule has 0 bridgehead atoms. The Morgan fingerprint density at radius 2 is 1.73 bits per heavy atom. The summed E-state index contributed by atoms with van der Waals surface area (Å²) in [6, 6.07) is 9.28. The van der Waals surface area contributed by atoms with Crippen molar-refractivity contribution in [2.45, 2.75) is 4.90 Å². The zero-order chi connectivity index (χ0) is 19.5. The highest BCUT2D eigenvalue weighted by Gasteiger charge is 2.19. The number of aliphatic carboxylic acids is 1. The smallest absolute Gasteiger partial charge is 0.376 e. The van der Waals surface area contributed by atoms with Gasteiger partial charge in [0.15, 0.2) is 0 Å². The lowest BCUT2D eigenvalue weighted by molar-refractivity contribution is -0.146. The molecule has 0 spiro atoms. The van der Waals surface area contributed by atoms with Crippen LogP contribution < -0.4 is 4.72 Å². The lowest BCUT2D eigenvalue weighted by Gasteiger charge is -2.11. The molecule has 0 heterocycles. The number of benzene rings is 2. The number of hydrogen-bond donors (Lipinski definition) is 3. The van der Waals surface area contributed by atoms with Gasteiger partial charge in [0, 0.05) is 22.3 Å². The van der Waals surface area contributed by atoms with E-state index in [9.17, 15) is 23.1 Å². The summed E-state index contributed by atoms with van der Waals surface area (Å²) in [5.74, 6) is -3.67. The summed E-state index contributed by atoms with van der Waals surface area (Å²) in [5, 5.41) is 18.6. The molecule has 26 heavy (non-hydrogen) atoms. The Kier molecular flexibility index (Phi) is 5.91. The van der Waals surface area contributed by atoms with Crippen LogP contribution in [0.25, 0.3) is 5.76 Å². The molecule has 0 aliphatic carbocycles. The first kappa shape index (κ1) is 19.8. The number of nitrogens with one attached hydrogen (secondary N) is 1. The van der Waals surface area contributed by atoms with Gasteiger partial charge < -0.3 is 10.2 Å². The van der Waals surface area contributed by atoms with E-state index in [0.717, 1.165) is 0 Å². The quantitative estimate of drug-likeness (QED) is 0.377. The molecule has 7 nitrogen and oxygen atoms in total. The van der Waals surface area contributed by atoms with Crippen LogP contribution in [-0.2, 0) is 19.6 Å². The molecule has 0 aromatic heterocycles. The number of carboxylic acids is 1. The first-order valence-electron chi connectivity index (χ1n) is 6.86. The number of rotatable bonds is 6. The predicted octanol–water partition coefficient (Wildman–Crippen LogP) is 3.35. The predicted molar refractivity (Wildman–Crippen MR) is 97.0 cm³/mol. The third-order valence-electron chi connectivity index (χ3n) is 3.07. The SMILES string of the molecule is O=C(O)C(=O)C=C(O)c1cccc(NS(=O)(=O)c2ccc(Cl)cc2Cl)c1. The third-order valence-corrected chi connectivity index (χ3v) is 5.17. The Balaban J connectivity index is 2.33. The van der Waals surface area contributed by atoms with Gasteiger partial charge in [-0.2, -0.15) is 0 Å². The van der Waals surface area contributed by atoms with Crippen molar-refractivity contribution in [2.75, 3.05) is 4.72 Å².